The summed E-state index contributed by atoms with van der Waals surface area (Å²) in [5.41, 5.74) is 0. The van der Waals surface area contributed by atoms with Gasteiger partial charge in [0.15, 0.2) is 0 Å². The molecular formula is C14H17BrNO2+. The van der Waals surface area contributed by atoms with Gasteiger partial charge in [-0.2, -0.15) is 0 Å². The van der Waals surface area contributed by atoms with Gasteiger partial charge >= 0.3 is 0 Å². The van der Waals surface area contributed by atoms with Gasteiger partial charge in [0, 0.05) is 0 Å². The van der Waals surface area contributed by atoms with Crippen LogP contribution in [-0.2, 0) is 0 Å². The Morgan fingerprint density at radius 2 is 1.94 bits per heavy atom. The van der Waals surface area contributed by atoms with Crippen molar-refractivity contribution in [2.24, 2.45) is 0 Å². The molecule has 0 aromatic heterocycles. The van der Waals surface area contributed by atoms with E-state index in [0.29, 0.717) is 6.61 Å². The molecule has 0 aliphatic carbocycles. The normalized spacial score (nSPS) is 10.8. The number of rotatable bonds is 6. The van der Waals surface area contributed by atoms with Crippen molar-refractivity contribution < 1.29 is 15.2 Å². The van der Waals surface area contributed by atoms with Crippen LogP contribution in [-0.4, -0.2) is 31.4 Å². The Labute approximate surface area is 115 Å². The van der Waals surface area contributed by atoms with Crippen molar-refractivity contribution in [3.05, 3.63) is 40.9 Å². The van der Waals surface area contributed by atoms with Gasteiger partial charge < -0.3 is 15.2 Å². The maximum absolute atomic E-state index is 8.67. The second kappa shape index (κ2) is 6.73. The van der Waals surface area contributed by atoms with Crippen molar-refractivity contribution in [3.8, 4) is 5.75 Å². The summed E-state index contributed by atoms with van der Waals surface area (Å²) in [7, 11) is 0. The summed E-state index contributed by atoms with van der Waals surface area (Å²) in [5.74, 6) is 0.867. The van der Waals surface area contributed by atoms with E-state index in [1.54, 1.807) is 0 Å². The molecule has 0 radical (unpaired) electrons. The molecule has 0 bridgehead atoms. The molecule has 96 valence electrons. The van der Waals surface area contributed by atoms with Crippen molar-refractivity contribution >= 4 is 26.7 Å². The topological polar surface area (TPSA) is 46.1 Å². The summed E-state index contributed by atoms with van der Waals surface area (Å²) in [6, 6.07) is 12.2. The largest absolute Gasteiger partial charge is 0.487 e. The van der Waals surface area contributed by atoms with Crippen molar-refractivity contribution in [1.29, 1.82) is 0 Å². The number of hydrogen-bond acceptors (Lipinski definition) is 2. The molecule has 4 heteroatoms. The highest BCUT2D eigenvalue weighted by atomic mass is 79.9. The number of halogens is 1. The average molecular weight is 311 g/mol. The first-order valence-electron chi connectivity index (χ1n) is 6.05. The van der Waals surface area contributed by atoms with Gasteiger partial charge in [0.2, 0.25) is 0 Å². The number of ether oxygens (including phenoxy) is 1. The van der Waals surface area contributed by atoms with E-state index in [9.17, 15) is 0 Å². The SMILES string of the molecule is OCC[NH2+]CCOc1ccc2ccccc2c1Br. The summed E-state index contributed by atoms with van der Waals surface area (Å²) in [4.78, 5) is 0. The zero-order chi connectivity index (χ0) is 12.8. The number of aliphatic hydroxyl groups excluding tert-OH is 1. The monoisotopic (exact) mass is 310 g/mol. The first kappa shape index (κ1) is 13.3. The smallest absolute Gasteiger partial charge is 0.137 e. The van der Waals surface area contributed by atoms with Gasteiger partial charge in [-0.3, -0.25) is 0 Å². The average Bonchev–Trinajstić information content (AvgIpc) is 2.41. The standard InChI is InChI=1S/C14H16BrNO2/c15-14-12-4-2-1-3-11(12)5-6-13(14)18-10-8-16-7-9-17/h1-6,16-17H,7-10H2/p+1. The number of benzene rings is 2. The molecule has 18 heavy (non-hydrogen) atoms. The lowest BCUT2D eigenvalue weighted by atomic mass is 10.1. The molecule has 2 rings (SSSR count). The highest BCUT2D eigenvalue weighted by molar-refractivity contribution is 9.10. The third-order valence-corrected chi connectivity index (χ3v) is 3.56. The minimum absolute atomic E-state index is 0.208. The minimum Gasteiger partial charge on any atom is -0.487 e. The molecule has 3 nitrogen and oxygen atoms in total. The zero-order valence-electron chi connectivity index (χ0n) is 10.1. The van der Waals surface area contributed by atoms with Crippen LogP contribution in [0.15, 0.2) is 40.9 Å². The molecule has 0 saturated heterocycles. The first-order valence-corrected chi connectivity index (χ1v) is 6.85. The molecule has 0 amide bonds. The van der Waals surface area contributed by atoms with Gasteiger partial charge in [-0.05, 0) is 32.8 Å². The van der Waals surface area contributed by atoms with Crippen LogP contribution in [0.3, 0.4) is 0 Å². The van der Waals surface area contributed by atoms with E-state index >= 15 is 0 Å². The molecule has 2 aromatic rings. The van der Waals surface area contributed by atoms with Gasteiger partial charge in [0.05, 0.1) is 17.6 Å². The van der Waals surface area contributed by atoms with Crippen molar-refractivity contribution in [2.75, 3.05) is 26.3 Å². The molecule has 0 atom stereocenters. The van der Waals surface area contributed by atoms with E-state index in [4.69, 9.17) is 9.84 Å². The van der Waals surface area contributed by atoms with Crippen LogP contribution in [0.1, 0.15) is 0 Å². The van der Waals surface area contributed by atoms with E-state index in [1.807, 2.05) is 23.5 Å². The Kier molecular flexibility index (Phi) is 4.99. The Balaban J connectivity index is 2.03. The number of quaternary nitrogens is 1. The predicted octanol–water partition coefficient (Wildman–Crippen LogP) is 1.54. The minimum atomic E-state index is 0.208. The lowest BCUT2D eigenvalue weighted by Crippen LogP contribution is -2.86. The third-order valence-electron chi connectivity index (χ3n) is 2.74. The van der Waals surface area contributed by atoms with Crippen LogP contribution < -0.4 is 10.1 Å². The molecule has 2 aromatic carbocycles. The van der Waals surface area contributed by atoms with Crippen LogP contribution in [0.5, 0.6) is 5.75 Å². The van der Waals surface area contributed by atoms with Crippen molar-refractivity contribution in [3.63, 3.8) is 0 Å². The highest BCUT2D eigenvalue weighted by Gasteiger charge is 2.05. The number of aliphatic hydroxyl groups is 1. The molecule has 0 spiro atoms. The number of fused-ring (bicyclic) bond motifs is 1. The zero-order valence-corrected chi connectivity index (χ0v) is 11.7. The molecule has 0 aliphatic heterocycles. The Bertz CT molecular complexity index is 516. The van der Waals surface area contributed by atoms with E-state index in [-0.39, 0.29) is 6.61 Å². The van der Waals surface area contributed by atoms with Gasteiger partial charge in [-0.1, -0.05) is 30.3 Å². The molecule has 0 aliphatic rings. The second-order valence-electron chi connectivity index (χ2n) is 4.04. The Hall–Kier alpha value is -1.10. The summed E-state index contributed by atoms with van der Waals surface area (Å²) < 4.78 is 6.73. The van der Waals surface area contributed by atoms with Crippen LogP contribution in [0.25, 0.3) is 10.8 Å². The van der Waals surface area contributed by atoms with Gasteiger partial charge in [0.1, 0.15) is 18.9 Å². The molecule has 0 heterocycles. The quantitative estimate of drug-likeness (QED) is 0.795. The molecule has 0 saturated carbocycles. The Morgan fingerprint density at radius 1 is 1.11 bits per heavy atom. The van der Waals surface area contributed by atoms with Crippen LogP contribution in [0.4, 0.5) is 0 Å². The fourth-order valence-electron chi connectivity index (χ4n) is 1.81. The first-order chi connectivity index (χ1) is 8.83. The molecule has 0 unspecified atom stereocenters. The predicted molar refractivity (Wildman–Crippen MR) is 75.9 cm³/mol. The van der Waals surface area contributed by atoms with E-state index < -0.39 is 0 Å². The maximum Gasteiger partial charge on any atom is 0.137 e. The lowest BCUT2D eigenvalue weighted by Gasteiger charge is -2.09. The molecule has 3 N–H and O–H groups in total. The van der Waals surface area contributed by atoms with Crippen LogP contribution >= 0.6 is 15.9 Å². The molecular weight excluding hydrogens is 294 g/mol. The van der Waals surface area contributed by atoms with E-state index in [1.165, 1.54) is 5.39 Å². The summed E-state index contributed by atoms with van der Waals surface area (Å²) in [6.45, 7) is 2.42. The van der Waals surface area contributed by atoms with E-state index in [2.05, 4.69) is 34.1 Å². The van der Waals surface area contributed by atoms with Crippen molar-refractivity contribution in [2.45, 2.75) is 0 Å². The summed E-state index contributed by atoms with van der Waals surface area (Å²) in [5, 5.41) is 13.1. The van der Waals surface area contributed by atoms with E-state index in [0.717, 1.165) is 28.7 Å². The third kappa shape index (κ3) is 3.22. The van der Waals surface area contributed by atoms with Gasteiger partial charge in [-0.15, -0.1) is 0 Å². The fourth-order valence-corrected chi connectivity index (χ4v) is 2.42. The van der Waals surface area contributed by atoms with Crippen LogP contribution in [0.2, 0.25) is 0 Å². The van der Waals surface area contributed by atoms with Gasteiger partial charge in [0.25, 0.3) is 0 Å². The lowest BCUT2D eigenvalue weighted by molar-refractivity contribution is -0.656. The van der Waals surface area contributed by atoms with Gasteiger partial charge in [-0.25, -0.2) is 0 Å². The fraction of sp³-hybridized carbons (Fsp3) is 0.286. The summed E-state index contributed by atoms with van der Waals surface area (Å²) in [6.07, 6.45) is 0. The highest BCUT2D eigenvalue weighted by Crippen LogP contribution is 2.32. The number of nitrogens with two attached hydrogens (primary N) is 1. The summed E-state index contributed by atoms with van der Waals surface area (Å²) >= 11 is 3.59. The van der Waals surface area contributed by atoms with Crippen molar-refractivity contribution in [1.82, 2.24) is 0 Å². The maximum atomic E-state index is 8.67. The van der Waals surface area contributed by atoms with Crippen LogP contribution in [0, 0.1) is 0 Å². The second-order valence-corrected chi connectivity index (χ2v) is 4.83. The Morgan fingerprint density at radius 3 is 2.78 bits per heavy atom. The molecule has 0 fully saturated rings. The number of hydrogen-bond donors (Lipinski definition) is 2.